The molecule has 0 N–H and O–H groups in total. The number of aromatic nitrogens is 1. The van der Waals surface area contributed by atoms with Gasteiger partial charge in [-0.3, -0.25) is 4.98 Å². The van der Waals surface area contributed by atoms with Crippen molar-refractivity contribution < 1.29 is 13.5 Å². The SMILES string of the molecule is Cc1ncccc1Oc1c(F)cc(CBr)cc1F. The number of rotatable bonds is 3. The van der Waals surface area contributed by atoms with Crippen LogP contribution in [0, 0.1) is 18.6 Å². The molecule has 2 aromatic rings. The van der Waals surface area contributed by atoms with E-state index in [1.165, 1.54) is 12.1 Å². The topological polar surface area (TPSA) is 22.1 Å². The maximum Gasteiger partial charge on any atom is 0.198 e. The molecule has 0 atom stereocenters. The van der Waals surface area contributed by atoms with Crippen molar-refractivity contribution in [3.8, 4) is 11.5 Å². The molecule has 94 valence electrons. The Labute approximate surface area is 112 Å². The van der Waals surface area contributed by atoms with Crippen LogP contribution in [0.1, 0.15) is 11.3 Å². The largest absolute Gasteiger partial charge is 0.449 e. The van der Waals surface area contributed by atoms with Crippen molar-refractivity contribution in [3.63, 3.8) is 0 Å². The molecule has 0 radical (unpaired) electrons. The molecule has 0 aliphatic carbocycles. The maximum absolute atomic E-state index is 13.7. The lowest BCUT2D eigenvalue weighted by Crippen LogP contribution is -1.96. The van der Waals surface area contributed by atoms with Crippen molar-refractivity contribution in [3.05, 3.63) is 53.4 Å². The fraction of sp³-hybridized carbons (Fsp3) is 0.154. The molecule has 0 saturated carbocycles. The van der Waals surface area contributed by atoms with Gasteiger partial charge in [-0.15, -0.1) is 0 Å². The highest BCUT2D eigenvalue weighted by Gasteiger charge is 2.14. The first kappa shape index (κ1) is 13.0. The summed E-state index contributed by atoms with van der Waals surface area (Å²) in [5.41, 5.74) is 1.08. The standard InChI is InChI=1S/C13H10BrF2NO/c1-8-12(3-2-4-17-8)18-13-10(15)5-9(7-14)6-11(13)16/h2-6H,7H2,1H3. The fourth-order valence-electron chi connectivity index (χ4n) is 1.47. The quantitative estimate of drug-likeness (QED) is 0.786. The number of alkyl halides is 1. The number of halogens is 3. The number of hydrogen-bond donors (Lipinski definition) is 0. The van der Waals surface area contributed by atoms with E-state index in [2.05, 4.69) is 20.9 Å². The molecular formula is C13H10BrF2NO. The van der Waals surface area contributed by atoms with Gasteiger partial charge in [0.25, 0.3) is 0 Å². The monoisotopic (exact) mass is 313 g/mol. The van der Waals surface area contributed by atoms with Gasteiger partial charge in [-0.2, -0.15) is 0 Å². The lowest BCUT2D eigenvalue weighted by Gasteiger charge is -2.10. The highest BCUT2D eigenvalue weighted by atomic mass is 79.9. The summed E-state index contributed by atoms with van der Waals surface area (Å²) < 4.78 is 32.7. The van der Waals surface area contributed by atoms with Gasteiger partial charge in [0.15, 0.2) is 17.4 Å². The van der Waals surface area contributed by atoms with Gasteiger partial charge in [-0.05, 0) is 36.8 Å². The van der Waals surface area contributed by atoms with Crippen LogP contribution in [0.4, 0.5) is 8.78 Å². The Morgan fingerprint density at radius 2 is 1.94 bits per heavy atom. The van der Waals surface area contributed by atoms with E-state index in [0.717, 1.165) is 0 Å². The van der Waals surface area contributed by atoms with Gasteiger partial charge in [-0.1, -0.05) is 15.9 Å². The highest BCUT2D eigenvalue weighted by molar-refractivity contribution is 9.08. The van der Waals surface area contributed by atoms with Crippen molar-refractivity contribution in [2.75, 3.05) is 0 Å². The summed E-state index contributed by atoms with van der Waals surface area (Å²) in [7, 11) is 0. The molecule has 1 heterocycles. The average molecular weight is 314 g/mol. The van der Waals surface area contributed by atoms with Crippen LogP contribution in [0.15, 0.2) is 30.5 Å². The Morgan fingerprint density at radius 1 is 1.28 bits per heavy atom. The lowest BCUT2D eigenvalue weighted by molar-refractivity contribution is 0.403. The lowest BCUT2D eigenvalue weighted by atomic mass is 10.2. The third-order valence-electron chi connectivity index (χ3n) is 2.38. The zero-order valence-corrected chi connectivity index (χ0v) is 11.2. The number of pyridine rings is 1. The second kappa shape index (κ2) is 5.44. The Kier molecular flexibility index (Phi) is 3.91. The van der Waals surface area contributed by atoms with E-state index in [-0.39, 0.29) is 0 Å². The molecule has 0 fully saturated rings. The average Bonchev–Trinajstić information content (AvgIpc) is 2.35. The van der Waals surface area contributed by atoms with E-state index in [9.17, 15) is 8.78 Å². The fourth-order valence-corrected chi connectivity index (χ4v) is 1.80. The minimum Gasteiger partial charge on any atom is -0.449 e. The second-order valence-corrected chi connectivity index (χ2v) is 4.27. The van der Waals surface area contributed by atoms with Crippen LogP contribution in [0.2, 0.25) is 0 Å². The number of aryl methyl sites for hydroxylation is 1. The van der Waals surface area contributed by atoms with Crippen LogP contribution in [0.3, 0.4) is 0 Å². The Hall–Kier alpha value is -1.49. The van der Waals surface area contributed by atoms with Crippen LogP contribution in [-0.2, 0) is 5.33 Å². The summed E-state index contributed by atoms with van der Waals surface area (Å²) in [6.07, 6.45) is 1.59. The zero-order chi connectivity index (χ0) is 13.1. The first-order valence-corrected chi connectivity index (χ1v) is 6.37. The highest BCUT2D eigenvalue weighted by Crippen LogP contribution is 2.30. The molecule has 0 unspecified atom stereocenters. The number of ether oxygens (including phenoxy) is 1. The van der Waals surface area contributed by atoms with Crippen molar-refractivity contribution in [2.24, 2.45) is 0 Å². The van der Waals surface area contributed by atoms with Gasteiger partial charge in [0.1, 0.15) is 5.75 Å². The van der Waals surface area contributed by atoms with E-state index >= 15 is 0 Å². The van der Waals surface area contributed by atoms with Crippen LogP contribution < -0.4 is 4.74 Å². The first-order chi connectivity index (χ1) is 8.61. The molecule has 0 aliphatic rings. The van der Waals surface area contributed by atoms with Gasteiger partial charge < -0.3 is 4.74 Å². The number of nitrogens with zero attached hydrogens (tertiary/aromatic N) is 1. The molecule has 0 aliphatic heterocycles. The molecular weight excluding hydrogens is 304 g/mol. The van der Waals surface area contributed by atoms with E-state index in [1.54, 1.807) is 25.3 Å². The number of benzene rings is 1. The smallest absolute Gasteiger partial charge is 0.198 e. The van der Waals surface area contributed by atoms with Crippen LogP contribution in [0.5, 0.6) is 11.5 Å². The van der Waals surface area contributed by atoms with Gasteiger partial charge in [0, 0.05) is 11.5 Å². The van der Waals surface area contributed by atoms with Crippen LogP contribution >= 0.6 is 15.9 Å². The molecule has 2 nitrogen and oxygen atoms in total. The maximum atomic E-state index is 13.7. The molecule has 0 bridgehead atoms. The normalized spacial score (nSPS) is 10.4. The predicted octanol–water partition coefficient (Wildman–Crippen LogP) is 4.36. The Balaban J connectivity index is 2.38. The zero-order valence-electron chi connectivity index (χ0n) is 9.58. The molecule has 5 heteroatoms. The molecule has 0 amide bonds. The molecule has 18 heavy (non-hydrogen) atoms. The molecule has 1 aromatic heterocycles. The second-order valence-electron chi connectivity index (χ2n) is 3.71. The van der Waals surface area contributed by atoms with E-state index in [0.29, 0.717) is 22.3 Å². The minimum atomic E-state index is -0.729. The van der Waals surface area contributed by atoms with E-state index in [1.807, 2.05) is 0 Å². The molecule has 0 spiro atoms. The summed E-state index contributed by atoms with van der Waals surface area (Å²) in [5, 5.41) is 0.382. The molecule has 1 aromatic carbocycles. The number of hydrogen-bond acceptors (Lipinski definition) is 2. The van der Waals surface area contributed by atoms with Gasteiger partial charge in [-0.25, -0.2) is 8.78 Å². The third-order valence-corrected chi connectivity index (χ3v) is 3.03. The molecule has 2 rings (SSSR count). The summed E-state index contributed by atoms with van der Waals surface area (Å²) in [6, 6.07) is 5.72. The summed E-state index contributed by atoms with van der Waals surface area (Å²) >= 11 is 3.14. The first-order valence-electron chi connectivity index (χ1n) is 5.25. The minimum absolute atomic E-state index is 0.335. The van der Waals surface area contributed by atoms with Gasteiger partial charge >= 0.3 is 0 Å². The van der Waals surface area contributed by atoms with Crippen molar-refractivity contribution >= 4 is 15.9 Å². The van der Waals surface area contributed by atoms with E-state index in [4.69, 9.17) is 4.74 Å². The Morgan fingerprint density at radius 3 is 2.50 bits per heavy atom. The van der Waals surface area contributed by atoms with Crippen molar-refractivity contribution in [2.45, 2.75) is 12.3 Å². The van der Waals surface area contributed by atoms with Crippen LogP contribution in [0.25, 0.3) is 0 Å². The molecule has 0 saturated heterocycles. The summed E-state index contributed by atoms with van der Waals surface area (Å²) in [4.78, 5) is 3.99. The predicted molar refractivity (Wildman–Crippen MR) is 68.0 cm³/mol. The third kappa shape index (κ3) is 2.67. The Bertz CT molecular complexity index is 552. The van der Waals surface area contributed by atoms with Gasteiger partial charge in [0.2, 0.25) is 0 Å². The summed E-state index contributed by atoms with van der Waals surface area (Å²) in [5.74, 6) is -1.53. The van der Waals surface area contributed by atoms with Crippen molar-refractivity contribution in [1.82, 2.24) is 4.98 Å². The summed E-state index contributed by atoms with van der Waals surface area (Å²) in [6.45, 7) is 1.71. The van der Waals surface area contributed by atoms with Crippen molar-refractivity contribution in [1.29, 1.82) is 0 Å². The van der Waals surface area contributed by atoms with Gasteiger partial charge in [0.05, 0.1) is 5.69 Å². The van der Waals surface area contributed by atoms with E-state index < -0.39 is 17.4 Å². The van der Waals surface area contributed by atoms with Crippen LogP contribution in [-0.4, -0.2) is 4.98 Å².